The molecule has 0 fully saturated rings. The molecule has 174 valence electrons. The fourth-order valence-corrected chi connectivity index (χ4v) is 5.22. The smallest absolute Gasteiger partial charge is 0.242 e. The van der Waals surface area contributed by atoms with Crippen molar-refractivity contribution in [1.82, 2.24) is 10.2 Å². The van der Waals surface area contributed by atoms with Crippen molar-refractivity contribution in [3.05, 3.63) is 83.9 Å². The lowest BCUT2D eigenvalue weighted by molar-refractivity contribution is -0.115. The summed E-state index contributed by atoms with van der Waals surface area (Å²) in [7, 11) is 3.21. The second-order valence-corrected chi connectivity index (χ2v) is 9.66. The zero-order chi connectivity index (χ0) is 23.9. The number of methoxy groups -OCH3 is 2. The highest BCUT2D eigenvalue weighted by molar-refractivity contribution is 8.02. The summed E-state index contributed by atoms with van der Waals surface area (Å²) in [6.07, 6.45) is 0. The summed E-state index contributed by atoms with van der Waals surface area (Å²) in [5.41, 5.74) is 3.37. The Balaban J connectivity index is 1.54. The number of thioether (sulfide) groups is 1. The van der Waals surface area contributed by atoms with Gasteiger partial charge in [-0.3, -0.25) is 4.79 Å². The van der Waals surface area contributed by atoms with E-state index in [-0.39, 0.29) is 5.91 Å². The highest BCUT2D eigenvalue weighted by atomic mass is 32.2. The SMILES string of the molecule is COc1cccc(Nc2nnc(SC(C(=O)Nc3cc(C)ccc3OC)c3ccccc3)s2)c1. The minimum atomic E-state index is -0.524. The van der Waals surface area contributed by atoms with Crippen molar-refractivity contribution in [1.29, 1.82) is 0 Å². The van der Waals surface area contributed by atoms with Crippen LogP contribution in [0.2, 0.25) is 0 Å². The van der Waals surface area contributed by atoms with E-state index in [1.165, 1.54) is 23.1 Å². The molecule has 1 unspecified atom stereocenters. The van der Waals surface area contributed by atoms with Crippen LogP contribution in [0.5, 0.6) is 11.5 Å². The lowest BCUT2D eigenvalue weighted by Gasteiger charge is -2.17. The molecule has 7 nitrogen and oxygen atoms in total. The Morgan fingerprint density at radius 3 is 2.56 bits per heavy atom. The molecule has 0 bridgehead atoms. The number of ether oxygens (including phenoxy) is 2. The molecule has 0 radical (unpaired) electrons. The standard InChI is InChI=1S/C25H24N4O3S2/c1-16-12-13-21(32-3)20(14-16)27-23(30)22(17-8-5-4-6-9-17)33-25-29-28-24(34-25)26-18-10-7-11-19(15-18)31-2/h4-15,22H,1-3H3,(H,26,28)(H,27,30). The van der Waals surface area contributed by atoms with E-state index >= 15 is 0 Å². The number of rotatable bonds is 9. The third-order valence-corrected chi connectivity index (χ3v) is 7.08. The van der Waals surface area contributed by atoms with Crippen molar-refractivity contribution in [2.45, 2.75) is 16.5 Å². The molecule has 1 amide bonds. The molecular formula is C25H24N4O3S2. The van der Waals surface area contributed by atoms with Gasteiger partial charge in [-0.2, -0.15) is 0 Å². The third-order valence-electron chi connectivity index (χ3n) is 4.90. The van der Waals surface area contributed by atoms with Crippen molar-refractivity contribution in [2.75, 3.05) is 24.9 Å². The number of carbonyl (C=O) groups excluding carboxylic acids is 1. The molecule has 1 heterocycles. The fourth-order valence-electron chi connectivity index (χ4n) is 3.25. The van der Waals surface area contributed by atoms with Crippen LogP contribution in [0.4, 0.5) is 16.5 Å². The molecule has 34 heavy (non-hydrogen) atoms. The van der Waals surface area contributed by atoms with Crippen molar-refractivity contribution < 1.29 is 14.3 Å². The molecule has 9 heteroatoms. The summed E-state index contributed by atoms with van der Waals surface area (Å²) in [5.74, 6) is 1.19. The molecule has 1 atom stereocenters. The van der Waals surface area contributed by atoms with Crippen LogP contribution in [-0.4, -0.2) is 30.3 Å². The molecule has 0 spiro atoms. The molecular weight excluding hydrogens is 468 g/mol. The summed E-state index contributed by atoms with van der Waals surface area (Å²) in [4.78, 5) is 13.4. The first-order valence-corrected chi connectivity index (χ1v) is 12.2. The zero-order valence-electron chi connectivity index (χ0n) is 18.9. The van der Waals surface area contributed by atoms with E-state index in [0.29, 0.717) is 20.9 Å². The van der Waals surface area contributed by atoms with Gasteiger partial charge in [-0.05, 0) is 42.3 Å². The van der Waals surface area contributed by atoms with E-state index in [1.807, 2.05) is 79.7 Å². The maximum atomic E-state index is 13.4. The average Bonchev–Trinajstić information content (AvgIpc) is 3.30. The number of amides is 1. The molecule has 0 aliphatic heterocycles. The van der Waals surface area contributed by atoms with Gasteiger partial charge >= 0.3 is 0 Å². The van der Waals surface area contributed by atoms with E-state index in [2.05, 4.69) is 20.8 Å². The van der Waals surface area contributed by atoms with Gasteiger partial charge in [0.15, 0.2) is 4.34 Å². The largest absolute Gasteiger partial charge is 0.497 e. The number of hydrogen-bond acceptors (Lipinski definition) is 8. The minimum absolute atomic E-state index is 0.169. The number of aromatic nitrogens is 2. The van der Waals surface area contributed by atoms with Gasteiger partial charge in [0.05, 0.1) is 19.9 Å². The quantitative estimate of drug-likeness (QED) is 0.274. The van der Waals surface area contributed by atoms with Gasteiger partial charge in [0.25, 0.3) is 0 Å². The predicted molar refractivity (Wildman–Crippen MR) is 138 cm³/mol. The van der Waals surface area contributed by atoms with Crippen LogP contribution in [0.15, 0.2) is 77.1 Å². The van der Waals surface area contributed by atoms with Gasteiger partial charge < -0.3 is 20.1 Å². The lowest BCUT2D eigenvalue weighted by Crippen LogP contribution is -2.19. The van der Waals surface area contributed by atoms with E-state index in [1.54, 1.807) is 14.2 Å². The molecule has 4 rings (SSSR count). The summed E-state index contributed by atoms with van der Waals surface area (Å²) in [6.45, 7) is 1.97. The number of anilines is 3. The number of nitrogens with zero attached hydrogens (tertiary/aromatic N) is 2. The topological polar surface area (TPSA) is 85.4 Å². The molecule has 1 aromatic heterocycles. The molecule has 0 saturated heterocycles. The van der Waals surface area contributed by atoms with Gasteiger partial charge in [0, 0.05) is 11.8 Å². The Kier molecular flexibility index (Phi) is 7.66. The van der Waals surface area contributed by atoms with Gasteiger partial charge in [0.1, 0.15) is 16.7 Å². The molecule has 0 aliphatic rings. The number of benzene rings is 3. The summed E-state index contributed by atoms with van der Waals surface area (Å²) >= 11 is 2.74. The van der Waals surface area contributed by atoms with E-state index < -0.39 is 5.25 Å². The van der Waals surface area contributed by atoms with Crippen LogP contribution in [0.1, 0.15) is 16.4 Å². The Bertz CT molecular complexity index is 1260. The zero-order valence-corrected chi connectivity index (χ0v) is 20.6. The number of carbonyl (C=O) groups is 1. The van der Waals surface area contributed by atoms with Gasteiger partial charge in [-0.15, -0.1) is 10.2 Å². The van der Waals surface area contributed by atoms with Crippen molar-refractivity contribution in [2.24, 2.45) is 0 Å². The van der Waals surface area contributed by atoms with Crippen LogP contribution in [0.3, 0.4) is 0 Å². The highest BCUT2D eigenvalue weighted by Gasteiger charge is 2.25. The second-order valence-electron chi connectivity index (χ2n) is 7.33. The summed E-state index contributed by atoms with van der Waals surface area (Å²) < 4.78 is 11.4. The lowest BCUT2D eigenvalue weighted by atomic mass is 10.1. The summed E-state index contributed by atoms with van der Waals surface area (Å²) in [6, 6.07) is 22.9. The van der Waals surface area contributed by atoms with Gasteiger partial charge in [0.2, 0.25) is 11.0 Å². The number of aryl methyl sites for hydroxylation is 1. The highest BCUT2D eigenvalue weighted by Crippen LogP contribution is 2.40. The average molecular weight is 493 g/mol. The first kappa shape index (κ1) is 23.6. The Morgan fingerprint density at radius 2 is 1.79 bits per heavy atom. The Hall–Kier alpha value is -3.56. The van der Waals surface area contributed by atoms with Crippen molar-refractivity contribution in [3.8, 4) is 11.5 Å². The minimum Gasteiger partial charge on any atom is -0.497 e. The Labute approximate surface area is 206 Å². The predicted octanol–water partition coefficient (Wildman–Crippen LogP) is 6.08. The third kappa shape index (κ3) is 5.86. The van der Waals surface area contributed by atoms with Gasteiger partial charge in [-0.1, -0.05) is 65.6 Å². The van der Waals surface area contributed by atoms with Crippen LogP contribution in [0.25, 0.3) is 0 Å². The normalized spacial score (nSPS) is 11.5. The second kappa shape index (κ2) is 11.0. The maximum Gasteiger partial charge on any atom is 0.242 e. The van der Waals surface area contributed by atoms with E-state index in [9.17, 15) is 4.79 Å². The Morgan fingerprint density at radius 1 is 0.971 bits per heavy atom. The number of hydrogen-bond donors (Lipinski definition) is 2. The van der Waals surface area contributed by atoms with Crippen molar-refractivity contribution in [3.63, 3.8) is 0 Å². The monoisotopic (exact) mass is 492 g/mol. The molecule has 3 aromatic carbocycles. The first-order chi connectivity index (χ1) is 16.6. The van der Waals surface area contributed by atoms with Crippen LogP contribution in [0, 0.1) is 6.92 Å². The fraction of sp³-hybridized carbons (Fsp3) is 0.160. The van der Waals surface area contributed by atoms with Crippen LogP contribution < -0.4 is 20.1 Å². The van der Waals surface area contributed by atoms with Gasteiger partial charge in [-0.25, -0.2) is 0 Å². The molecule has 0 saturated carbocycles. The van der Waals surface area contributed by atoms with Crippen LogP contribution >= 0.6 is 23.1 Å². The molecule has 0 aliphatic carbocycles. The van der Waals surface area contributed by atoms with E-state index in [4.69, 9.17) is 9.47 Å². The summed E-state index contributed by atoms with van der Waals surface area (Å²) in [5, 5.41) is 14.9. The molecule has 4 aromatic rings. The maximum absolute atomic E-state index is 13.4. The van der Waals surface area contributed by atoms with Crippen LogP contribution in [-0.2, 0) is 4.79 Å². The molecule has 2 N–H and O–H groups in total. The number of nitrogens with one attached hydrogen (secondary N) is 2. The van der Waals surface area contributed by atoms with Crippen molar-refractivity contribution >= 4 is 45.5 Å². The van der Waals surface area contributed by atoms with E-state index in [0.717, 1.165) is 22.6 Å². The first-order valence-electron chi connectivity index (χ1n) is 10.5.